The van der Waals surface area contributed by atoms with E-state index in [9.17, 15) is 9.59 Å². The summed E-state index contributed by atoms with van der Waals surface area (Å²) >= 11 is 0. The van der Waals surface area contributed by atoms with E-state index >= 15 is 0 Å². The molecule has 2 N–H and O–H groups in total. The van der Waals surface area contributed by atoms with Crippen LogP contribution in [-0.4, -0.2) is 30.6 Å². The number of benzene rings is 1. The van der Waals surface area contributed by atoms with Crippen molar-refractivity contribution in [1.82, 2.24) is 5.32 Å². The Morgan fingerprint density at radius 3 is 2.48 bits per heavy atom. The third-order valence-electron chi connectivity index (χ3n) is 3.33. The summed E-state index contributed by atoms with van der Waals surface area (Å²) in [7, 11) is 1.61. The zero-order chi connectivity index (χ0) is 15.7. The molecule has 1 aromatic carbocycles. The normalized spacial score (nSPS) is 11.7. The number of carboxylic acids is 1. The van der Waals surface area contributed by atoms with Crippen molar-refractivity contribution in [2.24, 2.45) is 5.92 Å². The molecule has 0 bridgehead atoms. The SMILES string of the molecule is CCCC(CNC(=O)CCc1ccc(OC)cc1)C(=O)O. The quantitative estimate of drug-likeness (QED) is 0.732. The van der Waals surface area contributed by atoms with Gasteiger partial charge in [0.1, 0.15) is 5.75 Å². The second-order valence-electron chi connectivity index (χ2n) is 4.98. The van der Waals surface area contributed by atoms with Crippen molar-refractivity contribution in [3.63, 3.8) is 0 Å². The van der Waals surface area contributed by atoms with Gasteiger partial charge in [-0.1, -0.05) is 25.5 Å². The molecule has 1 aromatic rings. The van der Waals surface area contributed by atoms with Crippen LogP contribution in [0.25, 0.3) is 0 Å². The molecule has 0 heterocycles. The number of carboxylic acid groups (broad SMARTS) is 1. The zero-order valence-electron chi connectivity index (χ0n) is 12.6. The summed E-state index contributed by atoms with van der Waals surface area (Å²) in [5.41, 5.74) is 1.05. The lowest BCUT2D eigenvalue weighted by Gasteiger charge is -2.12. The van der Waals surface area contributed by atoms with Crippen molar-refractivity contribution in [2.45, 2.75) is 32.6 Å². The maximum atomic E-state index is 11.7. The van der Waals surface area contributed by atoms with Gasteiger partial charge in [0.25, 0.3) is 0 Å². The molecule has 5 nitrogen and oxygen atoms in total. The number of aliphatic carboxylic acids is 1. The van der Waals surface area contributed by atoms with Crippen LogP contribution in [0.2, 0.25) is 0 Å². The largest absolute Gasteiger partial charge is 0.497 e. The lowest BCUT2D eigenvalue weighted by molar-refractivity contribution is -0.141. The Kier molecular flexibility index (Phi) is 7.29. The van der Waals surface area contributed by atoms with Crippen LogP contribution in [0.4, 0.5) is 0 Å². The average molecular weight is 293 g/mol. The fourth-order valence-electron chi connectivity index (χ4n) is 2.04. The van der Waals surface area contributed by atoms with Gasteiger partial charge in [-0.25, -0.2) is 0 Å². The second kappa shape index (κ2) is 9.00. The molecule has 0 saturated heterocycles. The number of carbonyl (C=O) groups excluding carboxylic acids is 1. The van der Waals surface area contributed by atoms with Gasteiger partial charge in [0.05, 0.1) is 13.0 Å². The van der Waals surface area contributed by atoms with Crippen LogP contribution in [0, 0.1) is 5.92 Å². The Bertz CT molecular complexity index is 456. The highest BCUT2D eigenvalue weighted by Crippen LogP contribution is 2.12. The molecule has 0 saturated carbocycles. The Labute approximate surface area is 125 Å². The van der Waals surface area contributed by atoms with Crippen LogP contribution < -0.4 is 10.1 Å². The maximum Gasteiger partial charge on any atom is 0.308 e. The second-order valence-corrected chi connectivity index (χ2v) is 4.98. The van der Waals surface area contributed by atoms with Crippen molar-refractivity contribution < 1.29 is 19.4 Å². The van der Waals surface area contributed by atoms with E-state index in [1.807, 2.05) is 31.2 Å². The molecule has 0 aromatic heterocycles. The first-order chi connectivity index (χ1) is 10.1. The highest BCUT2D eigenvalue weighted by atomic mass is 16.5. The van der Waals surface area contributed by atoms with Crippen molar-refractivity contribution in [1.29, 1.82) is 0 Å². The van der Waals surface area contributed by atoms with E-state index in [4.69, 9.17) is 9.84 Å². The molecule has 0 aliphatic heterocycles. The highest BCUT2D eigenvalue weighted by molar-refractivity contribution is 5.77. The molecule has 0 aliphatic carbocycles. The Hall–Kier alpha value is -2.04. The Morgan fingerprint density at radius 1 is 1.29 bits per heavy atom. The molecular weight excluding hydrogens is 270 g/mol. The van der Waals surface area contributed by atoms with Crippen LogP contribution in [0.5, 0.6) is 5.75 Å². The van der Waals surface area contributed by atoms with E-state index in [0.717, 1.165) is 17.7 Å². The van der Waals surface area contributed by atoms with Gasteiger partial charge < -0.3 is 15.2 Å². The number of aryl methyl sites for hydroxylation is 1. The van der Waals surface area contributed by atoms with Crippen molar-refractivity contribution in [3.05, 3.63) is 29.8 Å². The number of methoxy groups -OCH3 is 1. The predicted molar refractivity (Wildman–Crippen MR) is 80.4 cm³/mol. The van der Waals surface area contributed by atoms with Gasteiger partial charge in [-0.3, -0.25) is 9.59 Å². The summed E-state index contributed by atoms with van der Waals surface area (Å²) in [5, 5.41) is 11.7. The number of hydrogen-bond donors (Lipinski definition) is 2. The van der Waals surface area contributed by atoms with Gasteiger partial charge in [0.2, 0.25) is 5.91 Å². The van der Waals surface area contributed by atoms with E-state index < -0.39 is 11.9 Å². The van der Waals surface area contributed by atoms with Gasteiger partial charge in [-0.05, 0) is 30.5 Å². The number of nitrogens with one attached hydrogen (secondary N) is 1. The summed E-state index contributed by atoms with van der Waals surface area (Å²) in [6.07, 6.45) is 2.35. The smallest absolute Gasteiger partial charge is 0.308 e. The first-order valence-electron chi connectivity index (χ1n) is 7.19. The minimum atomic E-state index is -0.854. The fraction of sp³-hybridized carbons (Fsp3) is 0.500. The minimum absolute atomic E-state index is 0.117. The van der Waals surface area contributed by atoms with E-state index in [1.54, 1.807) is 7.11 Å². The lowest BCUT2D eigenvalue weighted by atomic mass is 10.0. The molecule has 1 unspecified atom stereocenters. The first-order valence-corrected chi connectivity index (χ1v) is 7.19. The van der Waals surface area contributed by atoms with Crippen LogP contribution in [-0.2, 0) is 16.0 Å². The summed E-state index contributed by atoms with van der Waals surface area (Å²) < 4.78 is 5.07. The molecular formula is C16H23NO4. The van der Waals surface area contributed by atoms with Gasteiger partial charge in [0.15, 0.2) is 0 Å². The molecule has 0 spiro atoms. The fourth-order valence-corrected chi connectivity index (χ4v) is 2.04. The molecule has 5 heteroatoms. The number of carbonyl (C=O) groups is 2. The third-order valence-corrected chi connectivity index (χ3v) is 3.33. The Morgan fingerprint density at radius 2 is 1.95 bits per heavy atom. The van der Waals surface area contributed by atoms with Crippen molar-refractivity contribution in [2.75, 3.05) is 13.7 Å². The minimum Gasteiger partial charge on any atom is -0.497 e. The third kappa shape index (κ3) is 6.29. The van der Waals surface area contributed by atoms with Gasteiger partial charge in [0, 0.05) is 13.0 Å². The number of hydrogen-bond acceptors (Lipinski definition) is 3. The Balaban J connectivity index is 2.34. The predicted octanol–water partition coefficient (Wildman–Crippen LogP) is 2.24. The van der Waals surface area contributed by atoms with Gasteiger partial charge in [-0.2, -0.15) is 0 Å². The number of ether oxygens (including phenoxy) is 1. The summed E-state index contributed by atoms with van der Waals surface area (Å²) in [6, 6.07) is 7.55. The topological polar surface area (TPSA) is 75.6 Å². The van der Waals surface area contributed by atoms with Crippen molar-refractivity contribution in [3.8, 4) is 5.75 Å². The van der Waals surface area contributed by atoms with Gasteiger partial charge >= 0.3 is 5.97 Å². The first kappa shape index (κ1) is 17.0. The molecule has 0 radical (unpaired) electrons. The van der Waals surface area contributed by atoms with E-state index in [1.165, 1.54) is 0 Å². The number of rotatable bonds is 9. The molecule has 116 valence electrons. The molecule has 0 aliphatic rings. The molecule has 1 amide bonds. The zero-order valence-corrected chi connectivity index (χ0v) is 12.6. The lowest BCUT2D eigenvalue weighted by Crippen LogP contribution is -2.33. The van der Waals surface area contributed by atoms with Gasteiger partial charge in [-0.15, -0.1) is 0 Å². The standard InChI is InChI=1S/C16H23NO4/c1-3-4-13(16(19)20)11-17-15(18)10-7-12-5-8-14(21-2)9-6-12/h5-6,8-9,13H,3-4,7,10-11H2,1-2H3,(H,17,18)(H,19,20). The summed E-state index contributed by atoms with van der Waals surface area (Å²) in [4.78, 5) is 22.7. The summed E-state index contributed by atoms with van der Waals surface area (Å²) in [6.45, 7) is 2.13. The van der Waals surface area contributed by atoms with E-state index in [-0.39, 0.29) is 12.5 Å². The summed E-state index contributed by atoms with van der Waals surface area (Å²) in [5.74, 6) is -0.688. The van der Waals surface area contributed by atoms with Crippen LogP contribution in [0.3, 0.4) is 0 Å². The monoisotopic (exact) mass is 293 g/mol. The molecule has 21 heavy (non-hydrogen) atoms. The highest BCUT2D eigenvalue weighted by Gasteiger charge is 2.16. The van der Waals surface area contributed by atoms with Crippen LogP contribution in [0.15, 0.2) is 24.3 Å². The number of amides is 1. The van der Waals surface area contributed by atoms with Crippen LogP contribution >= 0.6 is 0 Å². The maximum absolute atomic E-state index is 11.7. The average Bonchev–Trinajstić information content (AvgIpc) is 2.49. The molecule has 0 fully saturated rings. The van der Waals surface area contributed by atoms with E-state index in [0.29, 0.717) is 19.3 Å². The molecule has 1 rings (SSSR count). The molecule has 1 atom stereocenters. The van der Waals surface area contributed by atoms with Crippen LogP contribution in [0.1, 0.15) is 31.7 Å². The van der Waals surface area contributed by atoms with E-state index in [2.05, 4.69) is 5.32 Å². The van der Waals surface area contributed by atoms with Crippen molar-refractivity contribution >= 4 is 11.9 Å².